The molecule has 3 aromatic rings. The molecule has 216 valence electrons. The van der Waals surface area contributed by atoms with Gasteiger partial charge in [0.15, 0.2) is 11.1 Å². The largest absolute Gasteiger partial charge is 0.496 e. The molecule has 0 bridgehead atoms. The van der Waals surface area contributed by atoms with Gasteiger partial charge in [0.05, 0.1) is 44.7 Å². The first kappa shape index (κ1) is 30.4. The van der Waals surface area contributed by atoms with Crippen LogP contribution in [0, 0.1) is 5.41 Å². The number of nitrogens with zero attached hydrogens (tertiary/aromatic N) is 1. The van der Waals surface area contributed by atoms with Crippen LogP contribution in [-0.4, -0.2) is 60.3 Å². The molecule has 2 aromatic carbocycles. The minimum absolute atomic E-state index is 0.00443. The quantitative estimate of drug-likeness (QED) is 0.0985. The molecule has 41 heavy (non-hydrogen) atoms. The maximum Gasteiger partial charge on any atom is 0.333 e. The molecule has 0 saturated carbocycles. The Morgan fingerprint density at radius 2 is 1.59 bits per heavy atom. The van der Waals surface area contributed by atoms with Crippen molar-refractivity contribution in [1.29, 1.82) is 5.41 Å². The first-order valence-electron chi connectivity index (χ1n) is 12.0. The van der Waals surface area contributed by atoms with Gasteiger partial charge in [-0.1, -0.05) is 24.3 Å². The summed E-state index contributed by atoms with van der Waals surface area (Å²) in [4.78, 5) is 41.0. The first-order chi connectivity index (χ1) is 19.7. The number of rotatable bonds is 13. The molecule has 1 amide bonds. The fourth-order valence-corrected chi connectivity index (χ4v) is 4.62. The summed E-state index contributed by atoms with van der Waals surface area (Å²) in [6.45, 7) is 0.172. The van der Waals surface area contributed by atoms with Gasteiger partial charge in [-0.2, -0.15) is 0 Å². The van der Waals surface area contributed by atoms with Crippen LogP contribution in [0.4, 0.5) is 5.13 Å². The van der Waals surface area contributed by atoms with Gasteiger partial charge >= 0.3 is 11.9 Å². The van der Waals surface area contributed by atoms with E-state index in [1.54, 1.807) is 42.5 Å². The second kappa shape index (κ2) is 14.3. The van der Waals surface area contributed by atoms with Gasteiger partial charge in [-0.3, -0.25) is 10.2 Å². The molecule has 13 nitrogen and oxygen atoms in total. The van der Waals surface area contributed by atoms with Gasteiger partial charge in [-0.05, 0) is 18.2 Å². The van der Waals surface area contributed by atoms with Gasteiger partial charge < -0.3 is 40.4 Å². The van der Waals surface area contributed by atoms with Crippen LogP contribution in [0.2, 0.25) is 0 Å². The third-order valence-corrected chi connectivity index (χ3v) is 6.54. The van der Waals surface area contributed by atoms with Gasteiger partial charge in [0.2, 0.25) is 5.91 Å². The number of carbonyl (C=O) groups is 3. The van der Waals surface area contributed by atoms with Gasteiger partial charge in [-0.15, -0.1) is 11.3 Å². The highest BCUT2D eigenvalue weighted by Gasteiger charge is 2.32. The highest BCUT2D eigenvalue weighted by molar-refractivity contribution is 7.14. The number of anilines is 1. The van der Waals surface area contributed by atoms with Crippen molar-refractivity contribution in [1.82, 2.24) is 15.6 Å². The molecule has 3 rings (SSSR count). The number of amides is 1. The minimum atomic E-state index is -1.59. The number of hydrogen-bond acceptors (Lipinski definition) is 9. The summed E-state index contributed by atoms with van der Waals surface area (Å²) >= 11 is 1.01. The Balaban J connectivity index is 1.80. The molecule has 1 unspecified atom stereocenters. The Labute approximate surface area is 239 Å². The highest BCUT2D eigenvalue weighted by atomic mass is 32.1. The Morgan fingerprint density at radius 3 is 2.20 bits per heavy atom. The molecule has 0 saturated heterocycles. The second-order valence-electron chi connectivity index (χ2n) is 8.28. The van der Waals surface area contributed by atoms with Gasteiger partial charge in [0, 0.05) is 23.6 Å². The Kier molecular flexibility index (Phi) is 10.6. The number of benzene rings is 2. The average molecular weight is 584 g/mol. The topological polar surface area (TPSA) is 192 Å². The van der Waals surface area contributed by atoms with Crippen LogP contribution < -0.4 is 30.2 Å². The number of carboxylic acid groups (broad SMARTS) is 2. The van der Waals surface area contributed by atoms with E-state index in [-0.39, 0.29) is 29.9 Å². The fraction of sp³-hybridized carbons (Fsp3) is 0.222. The van der Waals surface area contributed by atoms with Crippen molar-refractivity contribution in [3.8, 4) is 17.2 Å². The summed E-state index contributed by atoms with van der Waals surface area (Å²) in [5.41, 5.74) is 0.626. The van der Waals surface area contributed by atoms with E-state index in [1.165, 1.54) is 26.7 Å². The highest BCUT2D eigenvalue weighted by Crippen LogP contribution is 2.30. The molecular weight excluding hydrogens is 554 g/mol. The summed E-state index contributed by atoms with van der Waals surface area (Å²) in [5.74, 6) is -3.95. The van der Waals surface area contributed by atoms with Gasteiger partial charge in [-0.25, -0.2) is 14.6 Å². The predicted octanol–water partition coefficient (Wildman–Crippen LogP) is 2.80. The Bertz CT molecular complexity index is 1430. The fourth-order valence-electron chi connectivity index (χ4n) is 3.88. The first-order valence-corrected chi connectivity index (χ1v) is 12.9. The second-order valence-corrected chi connectivity index (χ2v) is 9.14. The van der Waals surface area contributed by atoms with Crippen LogP contribution in [0.5, 0.6) is 17.2 Å². The number of aliphatic carboxylic acids is 2. The zero-order chi connectivity index (χ0) is 29.9. The van der Waals surface area contributed by atoms with Crippen molar-refractivity contribution in [2.24, 2.45) is 0 Å². The predicted molar refractivity (Wildman–Crippen MR) is 151 cm³/mol. The molecule has 1 aromatic heterocycles. The molecular formula is C27H29N5O8S. The van der Waals surface area contributed by atoms with E-state index in [0.717, 1.165) is 11.3 Å². The molecule has 1 heterocycles. The Hall–Kier alpha value is -5.11. The maximum absolute atomic E-state index is 13.3. The van der Waals surface area contributed by atoms with Crippen LogP contribution in [0.1, 0.15) is 22.7 Å². The number of ether oxygens (including phenoxy) is 3. The standard InChI is InChI=1S/C27H29N5O8S/c1-38-19-8-5-4-7-15(19)12-29-24(35)23(16(25(36)37)11-22(33)34)18-14-41-27(31-18)32-26(28)30-13-17-20(39-2)9-6-10-21(17)40-3/h4-11,14,23H,12-13H2,1-3H3,(H,29,35)(H,33,34)(H,36,37)(H3,28,30,31,32)/b16-11+. The molecule has 1 atom stereocenters. The third-order valence-electron chi connectivity index (χ3n) is 5.77. The number of nitrogens with one attached hydrogen (secondary N) is 4. The molecule has 14 heteroatoms. The molecule has 0 fully saturated rings. The van der Waals surface area contributed by atoms with Crippen LogP contribution in [0.25, 0.3) is 0 Å². The number of methoxy groups -OCH3 is 3. The van der Waals surface area contributed by atoms with E-state index < -0.39 is 29.3 Å². The minimum Gasteiger partial charge on any atom is -0.496 e. The summed E-state index contributed by atoms with van der Waals surface area (Å²) in [6.07, 6.45) is 0.465. The smallest absolute Gasteiger partial charge is 0.333 e. The monoisotopic (exact) mass is 583 g/mol. The summed E-state index contributed by atoms with van der Waals surface area (Å²) in [5, 5.41) is 37.1. The normalized spacial score (nSPS) is 11.6. The lowest BCUT2D eigenvalue weighted by Gasteiger charge is -2.17. The van der Waals surface area contributed by atoms with E-state index >= 15 is 0 Å². The molecule has 0 aliphatic rings. The molecule has 0 radical (unpaired) electrons. The van der Waals surface area contributed by atoms with Crippen molar-refractivity contribution < 1.29 is 38.8 Å². The number of carboxylic acids is 2. The van der Waals surface area contributed by atoms with E-state index in [9.17, 15) is 24.6 Å². The van der Waals surface area contributed by atoms with Crippen LogP contribution in [0.3, 0.4) is 0 Å². The van der Waals surface area contributed by atoms with Crippen molar-refractivity contribution in [3.05, 3.63) is 76.3 Å². The molecule has 6 N–H and O–H groups in total. The summed E-state index contributed by atoms with van der Waals surface area (Å²) in [6, 6.07) is 12.2. The van der Waals surface area contributed by atoms with Crippen molar-refractivity contribution in [2.75, 3.05) is 26.6 Å². The number of carbonyl (C=O) groups excluding carboxylic acids is 1. The lowest BCUT2D eigenvalue weighted by atomic mass is 9.94. The lowest BCUT2D eigenvalue weighted by Crippen LogP contribution is -2.32. The number of hydrogen-bond donors (Lipinski definition) is 6. The number of thiazole rings is 1. The van der Waals surface area contributed by atoms with Crippen LogP contribution in [-0.2, 0) is 27.5 Å². The zero-order valence-electron chi connectivity index (χ0n) is 22.4. The average Bonchev–Trinajstić information content (AvgIpc) is 3.41. The zero-order valence-corrected chi connectivity index (χ0v) is 23.2. The summed E-state index contributed by atoms with van der Waals surface area (Å²) in [7, 11) is 4.52. The van der Waals surface area contributed by atoms with E-state index in [4.69, 9.17) is 19.6 Å². The van der Waals surface area contributed by atoms with Crippen LogP contribution in [0.15, 0.2) is 59.5 Å². The van der Waals surface area contributed by atoms with E-state index in [2.05, 4.69) is 20.9 Å². The SMILES string of the molecule is COc1ccccc1CNC(=O)C(/C(=C\C(=O)O)C(=O)O)c1csc(NC(=N)NCc2c(OC)cccc2OC)n1. The molecule has 0 aliphatic heterocycles. The number of guanidine groups is 1. The van der Waals surface area contributed by atoms with Crippen molar-refractivity contribution >= 4 is 40.3 Å². The van der Waals surface area contributed by atoms with Gasteiger partial charge in [0.1, 0.15) is 23.2 Å². The Morgan fingerprint density at radius 1 is 0.951 bits per heavy atom. The number of para-hydroxylation sites is 1. The number of aromatic nitrogens is 1. The molecule has 0 aliphatic carbocycles. The maximum atomic E-state index is 13.3. The summed E-state index contributed by atoms with van der Waals surface area (Å²) < 4.78 is 16.0. The molecule has 0 spiro atoms. The van der Waals surface area contributed by atoms with Crippen LogP contribution >= 0.6 is 11.3 Å². The van der Waals surface area contributed by atoms with Crippen molar-refractivity contribution in [3.63, 3.8) is 0 Å². The third kappa shape index (κ3) is 7.95. The lowest BCUT2D eigenvalue weighted by molar-refractivity contribution is -0.136. The van der Waals surface area contributed by atoms with E-state index in [1.807, 2.05) is 0 Å². The van der Waals surface area contributed by atoms with Crippen molar-refractivity contribution in [2.45, 2.75) is 19.0 Å². The van der Waals surface area contributed by atoms with E-state index in [0.29, 0.717) is 34.5 Å². The van der Waals surface area contributed by atoms with Gasteiger partial charge in [0.25, 0.3) is 0 Å².